The van der Waals surface area contributed by atoms with Crippen molar-refractivity contribution in [3.8, 4) is 18.0 Å². The highest BCUT2D eigenvalue weighted by atomic mass is 16.5. The van der Waals surface area contributed by atoms with Crippen LogP contribution in [0.4, 0.5) is 0 Å². The van der Waals surface area contributed by atoms with Gasteiger partial charge in [0.05, 0.1) is 23.1 Å². The van der Waals surface area contributed by atoms with Crippen molar-refractivity contribution in [2.45, 2.75) is 5.92 Å². The van der Waals surface area contributed by atoms with Gasteiger partial charge in [-0.2, -0.15) is 10.5 Å². The minimum atomic E-state index is -0.785. The molecule has 0 aliphatic carbocycles. The highest BCUT2D eigenvalue weighted by Gasteiger charge is 2.35. The quantitative estimate of drug-likeness (QED) is 0.791. The van der Waals surface area contributed by atoms with Gasteiger partial charge in [0.1, 0.15) is 11.6 Å². The molecule has 0 spiro atoms. The van der Waals surface area contributed by atoms with Gasteiger partial charge in [-0.05, 0) is 17.7 Å². The molecule has 2 heterocycles. The molecular weight excluding hydrogens is 322 g/mol. The monoisotopic (exact) mass is 335 g/mol. The number of nitrogens with zero attached hydrogens (tertiary/aromatic N) is 4. The van der Waals surface area contributed by atoms with Gasteiger partial charge >= 0.3 is 5.69 Å². The smallest absolute Gasteiger partial charge is 0.333 e. The molecule has 3 rings (SSSR count). The average Bonchev–Trinajstić information content (AvgIpc) is 2.63. The Kier molecular flexibility index (Phi) is 3.66. The van der Waals surface area contributed by atoms with Gasteiger partial charge in [-0.1, -0.05) is 12.1 Å². The predicted octanol–water partition coefficient (Wildman–Crippen LogP) is 0.174. The zero-order valence-electron chi connectivity index (χ0n) is 13.5. The van der Waals surface area contributed by atoms with Crippen LogP contribution in [0.25, 0.3) is 0 Å². The van der Waals surface area contributed by atoms with Gasteiger partial charge in [0.2, 0.25) is 11.8 Å². The van der Waals surface area contributed by atoms with E-state index in [4.69, 9.17) is 15.7 Å². The van der Waals surface area contributed by atoms with E-state index in [1.807, 2.05) is 12.1 Å². The lowest BCUT2D eigenvalue weighted by Gasteiger charge is -2.27. The number of hydrogen-bond acceptors (Lipinski definition) is 6. The van der Waals surface area contributed by atoms with Crippen LogP contribution in [-0.2, 0) is 14.1 Å². The molecule has 0 saturated heterocycles. The molecular formula is C17H13N5O3. The largest absolute Gasteiger partial charge is 0.423 e. The molecule has 2 aromatic rings. The van der Waals surface area contributed by atoms with E-state index in [0.717, 1.165) is 4.57 Å². The van der Waals surface area contributed by atoms with E-state index < -0.39 is 17.2 Å². The molecule has 2 N–H and O–H groups in total. The summed E-state index contributed by atoms with van der Waals surface area (Å²) in [5.41, 5.74) is 6.00. The second-order valence-corrected chi connectivity index (χ2v) is 5.58. The van der Waals surface area contributed by atoms with Crippen molar-refractivity contribution in [3.05, 3.63) is 73.3 Å². The zero-order valence-corrected chi connectivity index (χ0v) is 13.5. The maximum absolute atomic E-state index is 12.7. The second-order valence-electron chi connectivity index (χ2n) is 5.58. The number of aromatic nitrogens is 2. The Hall–Kier alpha value is -3.78. The fourth-order valence-electron chi connectivity index (χ4n) is 2.87. The number of nitrogens with two attached hydrogens (primary N) is 1. The van der Waals surface area contributed by atoms with Gasteiger partial charge in [0.15, 0.2) is 0 Å². The summed E-state index contributed by atoms with van der Waals surface area (Å²) >= 11 is 0. The third-order valence-electron chi connectivity index (χ3n) is 4.19. The van der Waals surface area contributed by atoms with Crippen molar-refractivity contribution in [3.63, 3.8) is 0 Å². The van der Waals surface area contributed by atoms with Gasteiger partial charge in [0, 0.05) is 14.1 Å². The van der Waals surface area contributed by atoms with Gasteiger partial charge in [-0.25, -0.2) is 4.79 Å². The summed E-state index contributed by atoms with van der Waals surface area (Å²) in [6.45, 7) is 0. The van der Waals surface area contributed by atoms with Crippen LogP contribution in [0, 0.1) is 22.7 Å². The summed E-state index contributed by atoms with van der Waals surface area (Å²) in [6.07, 6.45) is 0. The molecule has 0 bridgehead atoms. The molecule has 1 aromatic carbocycles. The minimum Gasteiger partial charge on any atom is -0.423 e. The van der Waals surface area contributed by atoms with Gasteiger partial charge < -0.3 is 10.5 Å². The summed E-state index contributed by atoms with van der Waals surface area (Å²) in [5.74, 6) is -0.932. The molecule has 0 saturated carbocycles. The third kappa shape index (κ3) is 2.28. The fourth-order valence-corrected chi connectivity index (χ4v) is 2.87. The summed E-state index contributed by atoms with van der Waals surface area (Å²) in [7, 11) is 2.82. The number of ether oxygens (including phenoxy) is 1. The molecule has 25 heavy (non-hydrogen) atoms. The second kappa shape index (κ2) is 5.69. The van der Waals surface area contributed by atoms with Crippen molar-refractivity contribution < 1.29 is 4.74 Å². The van der Waals surface area contributed by atoms with E-state index in [2.05, 4.69) is 0 Å². The van der Waals surface area contributed by atoms with Crippen LogP contribution in [0.2, 0.25) is 0 Å². The lowest BCUT2D eigenvalue weighted by atomic mass is 9.84. The first kappa shape index (κ1) is 16.1. The molecule has 0 radical (unpaired) electrons. The van der Waals surface area contributed by atoms with E-state index in [1.54, 1.807) is 24.3 Å². The third-order valence-corrected chi connectivity index (χ3v) is 4.19. The number of benzene rings is 1. The number of fused-ring (bicyclic) bond motifs is 1. The van der Waals surface area contributed by atoms with Crippen molar-refractivity contribution in [2.24, 2.45) is 19.8 Å². The zero-order chi connectivity index (χ0) is 18.3. The van der Waals surface area contributed by atoms with Gasteiger partial charge in [-0.15, -0.1) is 0 Å². The van der Waals surface area contributed by atoms with Crippen molar-refractivity contribution >= 4 is 0 Å². The van der Waals surface area contributed by atoms with Crippen LogP contribution >= 0.6 is 0 Å². The topological polar surface area (TPSA) is 127 Å². The number of nitriles is 2. The standard InChI is InChI=1S/C17H13N5O3/c1-21-15(23)13-12(10-5-3-9(7-18)4-6-10)11(8-19)14(20)25-16(13)22(2)17(21)24/h3-6,12H,20H2,1-2H3. The molecule has 8 heteroatoms. The Balaban J connectivity index is 2.38. The number of rotatable bonds is 1. The molecule has 1 unspecified atom stereocenters. The molecule has 0 fully saturated rings. The van der Waals surface area contributed by atoms with E-state index in [-0.39, 0.29) is 22.9 Å². The average molecular weight is 335 g/mol. The first-order valence-electron chi connectivity index (χ1n) is 7.28. The molecule has 0 amide bonds. The van der Waals surface area contributed by atoms with Crippen LogP contribution in [0.1, 0.15) is 22.6 Å². The summed E-state index contributed by atoms with van der Waals surface area (Å²) in [6, 6.07) is 10.5. The van der Waals surface area contributed by atoms with Crippen molar-refractivity contribution in [1.82, 2.24) is 9.13 Å². The maximum Gasteiger partial charge on any atom is 0.333 e. The Morgan fingerprint density at radius 1 is 1.08 bits per heavy atom. The predicted molar refractivity (Wildman–Crippen MR) is 87.4 cm³/mol. The fraction of sp³-hybridized carbons (Fsp3) is 0.176. The van der Waals surface area contributed by atoms with Crippen LogP contribution in [-0.4, -0.2) is 9.13 Å². The van der Waals surface area contributed by atoms with Crippen LogP contribution in [0.5, 0.6) is 5.88 Å². The Morgan fingerprint density at radius 3 is 2.28 bits per heavy atom. The lowest BCUT2D eigenvalue weighted by molar-refractivity contribution is 0.348. The first-order valence-corrected chi connectivity index (χ1v) is 7.28. The molecule has 1 aromatic heterocycles. The van der Waals surface area contributed by atoms with Crippen molar-refractivity contribution in [2.75, 3.05) is 0 Å². The Morgan fingerprint density at radius 2 is 1.72 bits per heavy atom. The van der Waals surface area contributed by atoms with Crippen LogP contribution in [0.15, 0.2) is 45.3 Å². The van der Waals surface area contributed by atoms with Gasteiger partial charge in [0.25, 0.3) is 5.56 Å². The Labute approximate surface area is 142 Å². The first-order chi connectivity index (χ1) is 11.9. The van der Waals surface area contributed by atoms with E-state index >= 15 is 0 Å². The SMILES string of the molecule is Cn1c2c(c(=O)n(C)c1=O)C(c1ccc(C#N)cc1)C(C#N)=C(N)O2. The van der Waals surface area contributed by atoms with Crippen LogP contribution in [0.3, 0.4) is 0 Å². The maximum atomic E-state index is 12.7. The number of hydrogen-bond donors (Lipinski definition) is 1. The normalized spacial score (nSPS) is 15.8. The highest BCUT2D eigenvalue weighted by molar-refractivity contribution is 5.53. The summed E-state index contributed by atoms with van der Waals surface area (Å²) in [4.78, 5) is 24.8. The summed E-state index contributed by atoms with van der Waals surface area (Å²) < 4.78 is 7.54. The number of allylic oxidation sites excluding steroid dienone is 1. The van der Waals surface area contributed by atoms with E-state index in [1.165, 1.54) is 18.7 Å². The van der Waals surface area contributed by atoms with Crippen LogP contribution < -0.4 is 21.7 Å². The summed E-state index contributed by atoms with van der Waals surface area (Å²) in [5, 5.41) is 18.4. The molecule has 1 atom stereocenters. The molecule has 124 valence electrons. The van der Waals surface area contributed by atoms with E-state index in [0.29, 0.717) is 11.1 Å². The lowest BCUT2D eigenvalue weighted by Crippen LogP contribution is -2.42. The van der Waals surface area contributed by atoms with Gasteiger partial charge in [-0.3, -0.25) is 13.9 Å². The molecule has 1 aliphatic heterocycles. The van der Waals surface area contributed by atoms with Crippen molar-refractivity contribution in [1.29, 1.82) is 10.5 Å². The Bertz CT molecular complexity index is 1110. The molecule has 8 nitrogen and oxygen atoms in total. The van der Waals surface area contributed by atoms with E-state index in [9.17, 15) is 14.9 Å². The highest BCUT2D eigenvalue weighted by Crippen LogP contribution is 2.39. The molecule has 1 aliphatic rings. The minimum absolute atomic E-state index is 0.0129.